The Kier molecular flexibility index (Phi) is 4.45. The van der Waals surface area contributed by atoms with Gasteiger partial charge in [0.15, 0.2) is 0 Å². The molecule has 0 spiro atoms. The third-order valence-electron chi connectivity index (χ3n) is 5.92. The van der Waals surface area contributed by atoms with Crippen LogP contribution in [0.2, 0.25) is 21.2 Å². The van der Waals surface area contributed by atoms with E-state index >= 15 is 0 Å². The first-order valence-electron chi connectivity index (χ1n) is 8.25. The lowest BCUT2D eigenvalue weighted by atomic mass is 10.2. The van der Waals surface area contributed by atoms with E-state index < -0.39 is 8.07 Å². The quantitative estimate of drug-likeness (QED) is 0.529. The lowest BCUT2D eigenvalue weighted by molar-refractivity contribution is 0.476. The Morgan fingerprint density at radius 1 is 0.810 bits per heavy atom. The van der Waals surface area contributed by atoms with E-state index in [9.17, 15) is 0 Å². The molecular weight excluding hydrogens is 288 g/mol. The molecule has 1 saturated heterocycles. The minimum atomic E-state index is -1.39. The smallest absolute Gasteiger partial charge is 0.0722 e. The second-order valence-electron chi connectivity index (χ2n) is 8.84. The van der Waals surface area contributed by atoms with E-state index in [0.29, 0.717) is 10.1 Å². The molecule has 0 amide bonds. The van der Waals surface area contributed by atoms with E-state index in [1.54, 1.807) is 0 Å². The molecule has 0 saturated carbocycles. The van der Waals surface area contributed by atoms with Gasteiger partial charge in [0.1, 0.15) is 0 Å². The lowest BCUT2D eigenvalue weighted by Gasteiger charge is -2.69. The summed E-state index contributed by atoms with van der Waals surface area (Å²) in [6, 6.07) is 11.0. The first-order valence-corrected chi connectivity index (χ1v) is 11.3. The average molecular weight is 321 g/mol. The molecule has 1 fully saturated rings. The van der Waals surface area contributed by atoms with Gasteiger partial charge < -0.3 is 0 Å². The van der Waals surface area contributed by atoms with Crippen LogP contribution in [0.1, 0.15) is 55.4 Å². The van der Waals surface area contributed by atoms with Crippen molar-refractivity contribution in [2.24, 2.45) is 0 Å². The Bertz CT molecular complexity index is 455. The second-order valence-corrected chi connectivity index (χ2v) is 16.7. The molecule has 1 aliphatic heterocycles. The molecule has 0 N–H and O–H groups in total. The summed E-state index contributed by atoms with van der Waals surface area (Å²) in [4.78, 5) is 1.44. The maximum atomic E-state index is 2.54. The third-order valence-corrected chi connectivity index (χ3v) is 16.6. The largest absolute Gasteiger partial charge is 0.123 e. The van der Waals surface area contributed by atoms with Crippen LogP contribution in [0.5, 0.6) is 0 Å². The van der Waals surface area contributed by atoms with Gasteiger partial charge >= 0.3 is 0 Å². The molecule has 21 heavy (non-hydrogen) atoms. The Hall–Kier alpha value is -0.213. The normalized spacial score (nSPS) is 29.0. The molecule has 0 radical (unpaired) electrons. The summed E-state index contributed by atoms with van der Waals surface area (Å²) < 4.78 is 0. The van der Waals surface area contributed by atoms with Crippen molar-refractivity contribution in [3.63, 3.8) is 0 Å². The van der Waals surface area contributed by atoms with Gasteiger partial charge in [0, 0.05) is 10.1 Å². The van der Waals surface area contributed by atoms with E-state index in [1.165, 1.54) is 4.90 Å². The molecule has 2 rings (SSSR count). The topological polar surface area (TPSA) is 0 Å². The molecule has 2 atom stereocenters. The number of hydrogen-bond acceptors (Lipinski definition) is 1. The van der Waals surface area contributed by atoms with Crippen LogP contribution in [0.4, 0.5) is 0 Å². The van der Waals surface area contributed by atoms with Crippen LogP contribution in [-0.2, 0) is 0 Å². The highest BCUT2D eigenvalue weighted by Gasteiger charge is 2.69. The fourth-order valence-electron chi connectivity index (χ4n) is 5.96. The molecule has 0 unspecified atom stereocenters. The Labute approximate surface area is 137 Å². The molecule has 1 aliphatic rings. The van der Waals surface area contributed by atoms with Crippen molar-refractivity contribution in [3.8, 4) is 0 Å². The van der Waals surface area contributed by atoms with Crippen LogP contribution in [0.3, 0.4) is 0 Å². The minimum absolute atomic E-state index is 0.470. The van der Waals surface area contributed by atoms with E-state index in [-0.39, 0.29) is 0 Å². The first-order chi connectivity index (χ1) is 9.53. The van der Waals surface area contributed by atoms with E-state index in [2.05, 4.69) is 97.5 Å². The van der Waals surface area contributed by atoms with Crippen LogP contribution in [0.25, 0.3) is 0 Å². The molecule has 0 aromatic heterocycles. The predicted octanol–water partition coefficient (Wildman–Crippen LogP) is 6.99. The predicted molar refractivity (Wildman–Crippen MR) is 100 cm³/mol. The van der Waals surface area contributed by atoms with Crippen molar-refractivity contribution >= 4 is 19.8 Å². The maximum Gasteiger partial charge on any atom is 0.0722 e. The van der Waals surface area contributed by atoms with Gasteiger partial charge in [-0.3, -0.25) is 0 Å². The summed E-state index contributed by atoms with van der Waals surface area (Å²) in [5.41, 5.74) is 1.75. The number of hydrogen-bond donors (Lipinski definition) is 0. The van der Waals surface area contributed by atoms with Crippen molar-refractivity contribution < 1.29 is 0 Å². The summed E-state index contributed by atoms with van der Waals surface area (Å²) in [5.74, 6) is 0. The Balaban J connectivity index is 2.30. The summed E-state index contributed by atoms with van der Waals surface area (Å²) in [6.45, 7) is 20.1. The second kappa shape index (κ2) is 5.45. The maximum absolute atomic E-state index is 2.54. The minimum Gasteiger partial charge on any atom is -0.123 e. The fraction of sp³-hybridized carbons (Fsp3) is 0.684. The highest BCUT2D eigenvalue weighted by Crippen LogP contribution is 2.73. The van der Waals surface area contributed by atoms with Crippen molar-refractivity contribution in [2.45, 2.75) is 86.7 Å². The zero-order chi connectivity index (χ0) is 16.1. The summed E-state index contributed by atoms with van der Waals surface area (Å²) >= 11 is 2.12. The van der Waals surface area contributed by atoms with Crippen molar-refractivity contribution in [3.05, 3.63) is 30.3 Å². The highest BCUT2D eigenvalue weighted by molar-refractivity contribution is 8.00. The van der Waals surface area contributed by atoms with E-state index in [4.69, 9.17) is 0 Å². The van der Waals surface area contributed by atoms with Gasteiger partial charge in [0.25, 0.3) is 0 Å². The molecule has 1 heterocycles. The van der Waals surface area contributed by atoms with Gasteiger partial charge in [-0.25, -0.2) is 0 Å². The summed E-state index contributed by atoms with van der Waals surface area (Å²) in [7, 11) is -1.39. The number of thioether (sulfide) groups is 1. The van der Waals surface area contributed by atoms with Crippen LogP contribution in [-0.4, -0.2) is 13.3 Å². The van der Waals surface area contributed by atoms with Crippen molar-refractivity contribution in [2.75, 3.05) is 0 Å². The van der Waals surface area contributed by atoms with Gasteiger partial charge in [0.05, 0.1) is 8.07 Å². The molecule has 118 valence electrons. The highest BCUT2D eigenvalue weighted by atomic mass is 32.2. The van der Waals surface area contributed by atoms with Gasteiger partial charge in [0.2, 0.25) is 0 Å². The van der Waals surface area contributed by atoms with Gasteiger partial charge in [-0.1, -0.05) is 73.6 Å². The monoisotopic (exact) mass is 320 g/mol. The van der Waals surface area contributed by atoms with E-state index in [1.807, 2.05) is 0 Å². The molecule has 2 heteroatoms. The standard InChI is InChI=1S/C19H32SSi/c1-14-17(20-16-12-10-9-11-13-16)15(2)21(14,18(3,4)5)19(6,7)8/h9-15,17H,1-8H3/t14-,15-/m0/s1. The van der Waals surface area contributed by atoms with Crippen LogP contribution in [0.15, 0.2) is 35.2 Å². The van der Waals surface area contributed by atoms with Crippen molar-refractivity contribution in [1.82, 2.24) is 0 Å². The number of benzene rings is 1. The average Bonchev–Trinajstić information content (AvgIpc) is 2.34. The zero-order valence-corrected chi connectivity index (χ0v) is 16.8. The van der Waals surface area contributed by atoms with Crippen molar-refractivity contribution in [1.29, 1.82) is 0 Å². The molecule has 1 aromatic carbocycles. The summed E-state index contributed by atoms with van der Waals surface area (Å²) in [6.07, 6.45) is 0. The molecule has 1 aromatic rings. The van der Waals surface area contributed by atoms with Crippen LogP contribution in [0, 0.1) is 0 Å². The van der Waals surface area contributed by atoms with Gasteiger partial charge in [-0.15, -0.1) is 11.8 Å². The summed E-state index contributed by atoms with van der Waals surface area (Å²) in [5, 5.41) is 1.73. The molecule has 0 nitrogen and oxygen atoms in total. The Morgan fingerprint density at radius 3 is 1.62 bits per heavy atom. The van der Waals surface area contributed by atoms with Gasteiger partial charge in [-0.2, -0.15) is 0 Å². The molecule has 0 bridgehead atoms. The SMILES string of the molecule is C[C@H]1C(Sc2ccccc2)[C@H](C)[Si]1(C(C)(C)C)C(C)(C)C. The molecular formula is C19H32SSi. The van der Waals surface area contributed by atoms with Crippen LogP contribution >= 0.6 is 11.8 Å². The third kappa shape index (κ3) is 2.53. The van der Waals surface area contributed by atoms with Crippen LogP contribution < -0.4 is 0 Å². The lowest BCUT2D eigenvalue weighted by Crippen LogP contribution is -2.69. The Morgan fingerprint density at radius 2 is 1.24 bits per heavy atom. The van der Waals surface area contributed by atoms with Gasteiger partial charge in [-0.05, 0) is 33.3 Å². The zero-order valence-electron chi connectivity index (χ0n) is 15.0. The number of rotatable bonds is 2. The van der Waals surface area contributed by atoms with E-state index in [0.717, 1.165) is 16.3 Å². The molecule has 0 aliphatic carbocycles. The first kappa shape index (κ1) is 17.1. The fourth-order valence-corrected chi connectivity index (χ4v) is 18.5.